The van der Waals surface area contributed by atoms with Gasteiger partial charge in [0.1, 0.15) is 5.84 Å². The van der Waals surface area contributed by atoms with Gasteiger partial charge in [0.2, 0.25) is 0 Å². The summed E-state index contributed by atoms with van der Waals surface area (Å²) in [4.78, 5) is 14.5. The summed E-state index contributed by atoms with van der Waals surface area (Å²) in [6.07, 6.45) is -4.01. The normalized spacial score (nSPS) is 12.6. The first-order valence-corrected chi connectivity index (χ1v) is 9.75. The number of rotatable bonds is 7. The molecule has 0 aliphatic carbocycles. The second-order valence-corrected chi connectivity index (χ2v) is 7.37. The standard InChI is InChI=1S/C21H20F3N3O3S/c1-2-17(31-19(26)15-7-9-16(10-8-15)21(22,23)24)12-30-11-13-3-5-14(6-4-13)18(25)27-20(28)29/h2-10,26H,11-12H2,1H3,(H2,25,27)(H,28,29)/b17-2+,26-19?. The van der Waals surface area contributed by atoms with E-state index in [4.69, 9.17) is 21.0 Å². The lowest BCUT2D eigenvalue weighted by molar-refractivity contribution is -0.137. The fraction of sp³-hybridized carbons (Fsp3) is 0.190. The molecule has 0 aliphatic rings. The predicted molar refractivity (Wildman–Crippen MR) is 114 cm³/mol. The van der Waals surface area contributed by atoms with Gasteiger partial charge < -0.3 is 15.6 Å². The highest BCUT2D eigenvalue weighted by molar-refractivity contribution is 8.17. The van der Waals surface area contributed by atoms with Gasteiger partial charge in [0, 0.05) is 16.0 Å². The molecule has 4 N–H and O–H groups in total. The number of halogens is 3. The van der Waals surface area contributed by atoms with Crippen LogP contribution in [0, 0.1) is 5.41 Å². The fourth-order valence-electron chi connectivity index (χ4n) is 2.38. The summed E-state index contributed by atoms with van der Waals surface area (Å²) in [5, 5.41) is 16.9. The average Bonchev–Trinajstić information content (AvgIpc) is 2.72. The van der Waals surface area contributed by atoms with Crippen molar-refractivity contribution in [3.05, 3.63) is 81.8 Å². The molecule has 31 heavy (non-hydrogen) atoms. The Morgan fingerprint density at radius 2 is 1.74 bits per heavy atom. The molecule has 0 saturated heterocycles. The highest BCUT2D eigenvalue weighted by atomic mass is 32.2. The number of ether oxygens (including phenoxy) is 1. The molecule has 0 bridgehead atoms. The Bertz CT molecular complexity index is 986. The summed E-state index contributed by atoms with van der Waals surface area (Å²) >= 11 is 1.11. The van der Waals surface area contributed by atoms with Crippen molar-refractivity contribution in [3.8, 4) is 0 Å². The number of aliphatic imine (C=N–C) groups is 1. The third-order valence-corrected chi connectivity index (χ3v) is 5.06. The molecule has 0 atom stereocenters. The van der Waals surface area contributed by atoms with Crippen LogP contribution < -0.4 is 5.73 Å². The quantitative estimate of drug-likeness (QED) is 0.393. The van der Waals surface area contributed by atoms with Crippen LogP contribution in [-0.4, -0.2) is 28.7 Å². The number of carboxylic acid groups (broad SMARTS) is 1. The molecule has 0 unspecified atom stereocenters. The zero-order valence-electron chi connectivity index (χ0n) is 16.4. The number of alkyl halides is 3. The summed E-state index contributed by atoms with van der Waals surface area (Å²) in [6, 6.07) is 11.2. The van der Waals surface area contributed by atoms with E-state index in [-0.39, 0.29) is 24.1 Å². The number of allylic oxidation sites excluding steroid dienone is 1. The highest BCUT2D eigenvalue weighted by Gasteiger charge is 2.30. The number of carbonyl (C=O) groups is 1. The third-order valence-electron chi connectivity index (χ3n) is 4.01. The van der Waals surface area contributed by atoms with E-state index in [2.05, 4.69) is 4.99 Å². The molecular formula is C21H20F3N3O3S. The summed E-state index contributed by atoms with van der Waals surface area (Å²) in [5.41, 5.74) is 6.50. The molecule has 0 spiro atoms. The lowest BCUT2D eigenvalue weighted by atomic mass is 10.1. The van der Waals surface area contributed by atoms with Crippen LogP contribution in [0.3, 0.4) is 0 Å². The van der Waals surface area contributed by atoms with Gasteiger partial charge in [0.05, 0.1) is 23.8 Å². The van der Waals surface area contributed by atoms with Gasteiger partial charge in [-0.05, 0) is 24.6 Å². The van der Waals surface area contributed by atoms with Gasteiger partial charge in [0.15, 0.2) is 0 Å². The van der Waals surface area contributed by atoms with Crippen molar-refractivity contribution < 1.29 is 27.8 Å². The lowest BCUT2D eigenvalue weighted by Crippen LogP contribution is -2.15. The smallest absolute Gasteiger partial charge is 0.433 e. The molecule has 2 aromatic rings. The van der Waals surface area contributed by atoms with Gasteiger partial charge in [-0.2, -0.15) is 18.2 Å². The number of hydrogen-bond acceptors (Lipinski definition) is 4. The van der Waals surface area contributed by atoms with Crippen molar-refractivity contribution in [3.63, 3.8) is 0 Å². The molecular weight excluding hydrogens is 431 g/mol. The Kier molecular flexibility index (Phi) is 8.40. The van der Waals surface area contributed by atoms with Gasteiger partial charge in [-0.1, -0.05) is 54.2 Å². The molecule has 1 amide bonds. The van der Waals surface area contributed by atoms with Crippen LogP contribution in [0.5, 0.6) is 0 Å². The minimum Gasteiger partial charge on any atom is -0.463 e. The second kappa shape index (κ2) is 10.8. The lowest BCUT2D eigenvalue weighted by Gasteiger charge is -2.11. The monoisotopic (exact) mass is 451 g/mol. The maximum Gasteiger partial charge on any atom is 0.433 e. The molecule has 0 radical (unpaired) electrons. The van der Waals surface area contributed by atoms with E-state index < -0.39 is 17.8 Å². The Balaban J connectivity index is 1.88. The molecule has 6 nitrogen and oxygen atoms in total. The number of benzene rings is 2. The Labute approximate surface area is 181 Å². The Hall–Kier alpha value is -3.11. The van der Waals surface area contributed by atoms with E-state index in [1.54, 1.807) is 37.3 Å². The first kappa shape index (κ1) is 24.2. The highest BCUT2D eigenvalue weighted by Crippen LogP contribution is 2.30. The van der Waals surface area contributed by atoms with Crippen LogP contribution in [0.1, 0.15) is 29.2 Å². The predicted octanol–water partition coefficient (Wildman–Crippen LogP) is 5.27. The van der Waals surface area contributed by atoms with Crippen LogP contribution in [-0.2, 0) is 17.5 Å². The summed E-state index contributed by atoms with van der Waals surface area (Å²) in [5.74, 6) is -0.102. The summed E-state index contributed by atoms with van der Waals surface area (Å²) in [7, 11) is 0. The van der Waals surface area contributed by atoms with E-state index in [1.165, 1.54) is 12.1 Å². The minimum atomic E-state index is -4.41. The molecule has 2 rings (SSSR count). The van der Waals surface area contributed by atoms with Crippen LogP contribution in [0.4, 0.5) is 18.0 Å². The van der Waals surface area contributed by atoms with E-state index in [0.29, 0.717) is 11.1 Å². The van der Waals surface area contributed by atoms with Crippen LogP contribution in [0.25, 0.3) is 0 Å². The topological polar surface area (TPSA) is 109 Å². The zero-order valence-corrected chi connectivity index (χ0v) is 17.3. The molecule has 0 aromatic heterocycles. The number of nitrogens with one attached hydrogen (secondary N) is 1. The first-order valence-electron chi connectivity index (χ1n) is 8.93. The molecule has 0 heterocycles. The summed E-state index contributed by atoms with van der Waals surface area (Å²) < 4.78 is 43.6. The molecule has 2 aromatic carbocycles. The summed E-state index contributed by atoms with van der Waals surface area (Å²) in [6.45, 7) is 2.27. The minimum absolute atomic E-state index is 0.102. The number of amides is 1. The van der Waals surface area contributed by atoms with E-state index >= 15 is 0 Å². The number of hydrogen-bond donors (Lipinski definition) is 3. The molecule has 0 saturated carbocycles. The number of nitrogens with two attached hydrogens (primary N) is 1. The number of thioether (sulfide) groups is 1. The van der Waals surface area contributed by atoms with Gasteiger partial charge in [-0.15, -0.1) is 0 Å². The largest absolute Gasteiger partial charge is 0.463 e. The third kappa shape index (κ3) is 7.58. The van der Waals surface area contributed by atoms with Crippen molar-refractivity contribution in [2.24, 2.45) is 10.7 Å². The Morgan fingerprint density at radius 3 is 2.26 bits per heavy atom. The maximum atomic E-state index is 12.7. The van der Waals surface area contributed by atoms with Crippen molar-refractivity contribution in [2.45, 2.75) is 19.7 Å². The van der Waals surface area contributed by atoms with Gasteiger partial charge in [-0.25, -0.2) is 4.79 Å². The molecule has 0 aliphatic heterocycles. The molecule has 0 fully saturated rings. The van der Waals surface area contributed by atoms with E-state index in [9.17, 15) is 18.0 Å². The zero-order chi connectivity index (χ0) is 23.0. The van der Waals surface area contributed by atoms with Crippen molar-refractivity contribution in [2.75, 3.05) is 6.61 Å². The number of nitrogens with zero attached hydrogens (tertiary/aromatic N) is 1. The van der Waals surface area contributed by atoms with Crippen LogP contribution >= 0.6 is 11.8 Å². The van der Waals surface area contributed by atoms with E-state index in [1.807, 2.05) is 0 Å². The SMILES string of the molecule is C/C=C(\COCc1ccc(/C(N)=N/C(=O)O)cc1)SC(=N)c1ccc(C(F)(F)F)cc1. The number of amidine groups is 1. The molecule has 164 valence electrons. The van der Waals surface area contributed by atoms with Gasteiger partial charge in [-0.3, -0.25) is 5.41 Å². The van der Waals surface area contributed by atoms with Crippen LogP contribution in [0.15, 0.2) is 64.5 Å². The fourth-order valence-corrected chi connectivity index (χ4v) is 3.16. The van der Waals surface area contributed by atoms with Gasteiger partial charge >= 0.3 is 12.3 Å². The maximum absolute atomic E-state index is 12.7. The van der Waals surface area contributed by atoms with Crippen molar-refractivity contribution >= 4 is 28.7 Å². The molecule has 10 heteroatoms. The van der Waals surface area contributed by atoms with Crippen LogP contribution in [0.2, 0.25) is 0 Å². The van der Waals surface area contributed by atoms with Gasteiger partial charge in [0.25, 0.3) is 0 Å². The van der Waals surface area contributed by atoms with E-state index in [0.717, 1.165) is 34.4 Å². The van der Waals surface area contributed by atoms with Crippen molar-refractivity contribution in [1.29, 1.82) is 5.41 Å². The average molecular weight is 451 g/mol. The first-order chi connectivity index (χ1) is 14.6. The van der Waals surface area contributed by atoms with Crippen molar-refractivity contribution in [1.82, 2.24) is 0 Å². The Morgan fingerprint density at radius 1 is 1.16 bits per heavy atom. The second-order valence-electron chi connectivity index (χ2n) is 6.23.